The summed E-state index contributed by atoms with van der Waals surface area (Å²) < 4.78 is 47.2. The van der Waals surface area contributed by atoms with Gasteiger partial charge in [-0.3, -0.25) is 9.59 Å². The van der Waals surface area contributed by atoms with Crippen molar-refractivity contribution < 1.29 is 37.0 Å². The highest BCUT2D eigenvalue weighted by Crippen LogP contribution is 2.25. The largest absolute Gasteiger partial charge is 0.495 e. The Morgan fingerprint density at radius 2 is 1.75 bits per heavy atom. The van der Waals surface area contributed by atoms with E-state index in [-0.39, 0.29) is 11.3 Å². The monoisotopic (exact) mass is 450 g/mol. The lowest BCUT2D eigenvalue weighted by molar-refractivity contribution is -0.165. The molecular formula is C22H21F3N2O5. The number of amides is 1. The van der Waals surface area contributed by atoms with Gasteiger partial charge in [0, 0.05) is 12.3 Å². The predicted octanol–water partition coefficient (Wildman–Crippen LogP) is 4.24. The number of para-hydroxylation sites is 1. The fourth-order valence-corrected chi connectivity index (χ4v) is 2.52. The number of nitrogens with one attached hydrogen (secondary N) is 2. The van der Waals surface area contributed by atoms with Crippen molar-refractivity contribution in [3.05, 3.63) is 65.9 Å². The molecule has 2 N–H and O–H groups in total. The third kappa shape index (κ3) is 6.59. The predicted molar refractivity (Wildman–Crippen MR) is 112 cm³/mol. The highest BCUT2D eigenvalue weighted by atomic mass is 19.4. The van der Waals surface area contributed by atoms with Crippen molar-refractivity contribution in [2.45, 2.75) is 26.1 Å². The molecule has 0 aliphatic carbocycles. The van der Waals surface area contributed by atoms with Crippen LogP contribution in [-0.2, 0) is 14.3 Å². The van der Waals surface area contributed by atoms with E-state index in [1.165, 1.54) is 38.3 Å². The molecule has 0 spiro atoms. The van der Waals surface area contributed by atoms with Gasteiger partial charge in [-0.25, -0.2) is 4.79 Å². The number of rotatable bonds is 8. The van der Waals surface area contributed by atoms with E-state index in [4.69, 9.17) is 9.47 Å². The first kappa shape index (κ1) is 24.4. The van der Waals surface area contributed by atoms with E-state index in [1.54, 1.807) is 18.2 Å². The molecule has 0 saturated carbocycles. The van der Waals surface area contributed by atoms with Crippen LogP contribution in [-0.4, -0.2) is 37.0 Å². The molecule has 0 radical (unpaired) electrons. The van der Waals surface area contributed by atoms with E-state index in [2.05, 4.69) is 10.6 Å². The van der Waals surface area contributed by atoms with Crippen LogP contribution in [0.25, 0.3) is 0 Å². The van der Waals surface area contributed by atoms with Crippen LogP contribution in [0.3, 0.4) is 0 Å². The third-order valence-corrected chi connectivity index (χ3v) is 4.17. The number of esters is 1. The highest BCUT2D eigenvalue weighted by molar-refractivity contribution is 6.00. The Kier molecular flexibility index (Phi) is 8.00. The normalized spacial score (nSPS) is 12.2. The average molecular weight is 450 g/mol. The van der Waals surface area contributed by atoms with Crippen LogP contribution < -0.4 is 15.4 Å². The number of hydrogen-bond acceptors (Lipinski definition) is 6. The second kappa shape index (κ2) is 10.5. The van der Waals surface area contributed by atoms with Gasteiger partial charge in [-0.15, -0.1) is 0 Å². The Bertz CT molecular complexity index is 1030. The Morgan fingerprint density at radius 3 is 2.41 bits per heavy atom. The summed E-state index contributed by atoms with van der Waals surface area (Å²) in [6.45, 7) is 3.20. The third-order valence-electron chi connectivity index (χ3n) is 4.17. The number of aryl methyl sites for hydroxylation is 1. The number of hydrogen-bond donors (Lipinski definition) is 2. The van der Waals surface area contributed by atoms with Crippen molar-refractivity contribution in [3.63, 3.8) is 0 Å². The molecule has 2 rings (SSSR count). The molecule has 10 heteroatoms. The molecular weight excluding hydrogens is 429 g/mol. The Morgan fingerprint density at radius 1 is 1.06 bits per heavy atom. The van der Waals surface area contributed by atoms with Gasteiger partial charge < -0.3 is 20.1 Å². The zero-order valence-corrected chi connectivity index (χ0v) is 17.4. The molecule has 2 aromatic carbocycles. The number of alkyl halides is 3. The molecule has 0 aliphatic heterocycles. The summed E-state index contributed by atoms with van der Waals surface area (Å²) in [6, 6.07) is 11.0. The molecule has 2 aromatic rings. The number of ketones is 1. The Balaban J connectivity index is 2.08. The number of benzene rings is 2. The van der Waals surface area contributed by atoms with Gasteiger partial charge in [0.1, 0.15) is 5.75 Å². The standard InChI is InChI=1S/C22H21F3N2O5/c1-13-8-9-18(31-3)17(12-13)27-20(29)14(2)32-21(30)15-6-4-5-7-16(15)26-11-10-19(28)22(23,24)25/h4-12,14,26H,1-3H3,(H,27,29). The van der Waals surface area contributed by atoms with Gasteiger partial charge in [-0.2, -0.15) is 13.2 Å². The summed E-state index contributed by atoms with van der Waals surface area (Å²) in [5.41, 5.74) is 1.34. The van der Waals surface area contributed by atoms with Gasteiger partial charge in [0.15, 0.2) is 6.10 Å². The lowest BCUT2D eigenvalue weighted by Crippen LogP contribution is -2.30. The average Bonchev–Trinajstić information content (AvgIpc) is 2.73. The molecule has 0 fully saturated rings. The van der Waals surface area contributed by atoms with Gasteiger partial charge in [0.25, 0.3) is 11.7 Å². The van der Waals surface area contributed by atoms with Crippen molar-refractivity contribution in [2.24, 2.45) is 0 Å². The number of carbonyl (C=O) groups is 3. The Hall–Kier alpha value is -3.82. The first-order valence-corrected chi connectivity index (χ1v) is 9.32. The lowest BCUT2D eigenvalue weighted by Gasteiger charge is -2.16. The molecule has 1 amide bonds. The Labute approximate surface area is 182 Å². The summed E-state index contributed by atoms with van der Waals surface area (Å²) in [6.07, 6.45) is -5.13. The summed E-state index contributed by atoms with van der Waals surface area (Å²) in [4.78, 5) is 35.9. The molecule has 0 saturated heterocycles. The van der Waals surface area contributed by atoms with E-state index in [9.17, 15) is 27.6 Å². The van der Waals surface area contributed by atoms with Gasteiger partial charge in [0.2, 0.25) is 0 Å². The fourth-order valence-electron chi connectivity index (χ4n) is 2.52. The quantitative estimate of drug-likeness (QED) is 0.462. The maximum absolute atomic E-state index is 12.5. The van der Waals surface area contributed by atoms with Crippen LogP contribution in [0.1, 0.15) is 22.8 Å². The van der Waals surface area contributed by atoms with Gasteiger partial charge in [-0.05, 0) is 43.7 Å². The van der Waals surface area contributed by atoms with Crippen LogP contribution in [0.5, 0.6) is 5.75 Å². The summed E-state index contributed by atoms with van der Waals surface area (Å²) in [5.74, 6) is -3.12. The van der Waals surface area contributed by atoms with Crippen molar-refractivity contribution in [2.75, 3.05) is 17.7 Å². The van der Waals surface area contributed by atoms with E-state index in [1.807, 2.05) is 6.92 Å². The van der Waals surface area contributed by atoms with Crippen LogP contribution in [0.15, 0.2) is 54.7 Å². The molecule has 1 atom stereocenters. The van der Waals surface area contributed by atoms with E-state index in [0.717, 1.165) is 11.8 Å². The number of halogens is 3. The SMILES string of the molecule is COc1ccc(C)cc1NC(=O)C(C)OC(=O)c1ccccc1NC=CC(=O)C(F)(F)F. The molecule has 1 unspecified atom stereocenters. The van der Waals surface area contributed by atoms with Crippen molar-refractivity contribution in [3.8, 4) is 5.75 Å². The van der Waals surface area contributed by atoms with Crippen LogP contribution in [0.2, 0.25) is 0 Å². The first-order valence-electron chi connectivity index (χ1n) is 9.32. The maximum Gasteiger partial charge on any atom is 0.454 e. The highest BCUT2D eigenvalue weighted by Gasteiger charge is 2.36. The minimum Gasteiger partial charge on any atom is -0.495 e. The smallest absolute Gasteiger partial charge is 0.454 e. The number of allylic oxidation sites excluding steroid dienone is 1. The first-order chi connectivity index (χ1) is 15.0. The van der Waals surface area contributed by atoms with E-state index >= 15 is 0 Å². The molecule has 7 nitrogen and oxygen atoms in total. The van der Waals surface area contributed by atoms with Crippen LogP contribution in [0, 0.1) is 6.92 Å². The fraction of sp³-hybridized carbons (Fsp3) is 0.227. The maximum atomic E-state index is 12.5. The molecule has 0 aliphatic rings. The van der Waals surface area contributed by atoms with E-state index in [0.29, 0.717) is 17.5 Å². The topological polar surface area (TPSA) is 93.7 Å². The molecule has 0 heterocycles. The minimum absolute atomic E-state index is 0.0376. The van der Waals surface area contributed by atoms with Crippen molar-refractivity contribution in [1.29, 1.82) is 0 Å². The van der Waals surface area contributed by atoms with E-state index < -0.39 is 29.9 Å². The second-order valence-corrected chi connectivity index (χ2v) is 6.63. The van der Waals surface area contributed by atoms with Gasteiger partial charge >= 0.3 is 12.1 Å². The van der Waals surface area contributed by atoms with Crippen LogP contribution in [0.4, 0.5) is 24.5 Å². The molecule has 0 aromatic heterocycles. The summed E-state index contributed by atoms with van der Waals surface area (Å²) in [5, 5.41) is 5.06. The van der Waals surface area contributed by atoms with Gasteiger partial charge in [-0.1, -0.05) is 18.2 Å². The second-order valence-electron chi connectivity index (χ2n) is 6.63. The molecule has 170 valence electrons. The number of anilines is 2. The molecule has 0 bridgehead atoms. The van der Waals surface area contributed by atoms with Crippen LogP contribution >= 0.6 is 0 Å². The number of carbonyl (C=O) groups excluding carboxylic acids is 3. The summed E-state index contributed by atoms with van der Waals surface area (Å²) >= 11 is 0. The lowest BCUT2D eigenvalue weighted by atomic mass is 10.1. The zero-order valence-electron chi connectivity index (χ0n) is 17.4. The molecule has 32 heavy (non-hydrogen) atoms. The zero-order chi connectivity index (χ0) is 23.9. The van der Waals surface area contributed by atoms with Gasteiger partial charge in [0.05, 0.1) is 24.0 Å². The minimum atomic E-state index is -5.00. The number of methoxy groups -OCH3 is 1. The number of ether oxygens (including phenoxy) is 2. The van der Waals surface area contributed by atoms with Crippen molar-refractivity contribution in [1.82, 2.24) is 0 Å². The van der Waals surface area contributed by atoms with Crippen molar-refractivity contribution >= 4 is 29.0 Å². The summed E-state index contributed by atoms with van der Waals surface area (Å²) in [7, 11) is 1.45.